The first kappa shape index (κ1) is 13.1. The number of nitrogens with zero attached hydrogens (tertiary/aromatic N) is 1. The first-order valence-electron chi connectivity index (χ1n) is 5.51. The van der Waals surface area contributed by atoms with Gasteiger partial charge in [0.15, 0.2) is 5.78 Å². The Labute approximate surface area is 114 Å². The van der Waals surface area contributed by atoms with Gasteiger partial charge in [-0.2, -0.15) is 0 Å². The fraction of sp³-hybridized carbons (Fsp3) is 0.231. The predicted octanol–water partition coefficient (Wildman–Crippen LogP) is 3.19. The molecule has 5 heteroatoms. The molecule has 1 aromatic carbocycles. The van der Waals surface area contributed by atoms with Gasteiger partial charge in [-0.1, -0.05) is 18.2 Å². The molecular weight excluding hydrogens is 270 g/mol. The van der Waals surface area contributed by atoms with Gasteiger partial charge in [-0.3, -0.25) is 4.79 Å². The summed E-state index contributed by atoms with van der Waals surface area (Å²) in [4.78, 5) is 15.5. The monoisotopic (exact) mass is 281 g/mol. The van der Waals surface area contributed by atoms with Crippen LogP contribution < -0.4 is 4.74 Å². The minimum atomic E-state index is -0.136. The van der Waals surface area contributed by atoms with E-state index in [2.05, 4.69) is 4.98 Å². The van der Waals surface area contributed by atoms with Crippen molar-refractivity contribution in [3.63, 3.8) is 0 Å². The molecule has 0 saturated carbocycles. The lowest BCUT2D eigenvalue weighted by Crippen LogP contribution is -2.03. The fourth-order valence-electron chi connectivity index (χ4n) is 1.40. The van der Waals surface area contributed by atoms with Gasteiger partial charge in [0, 0.05) is 11.8 Å². The Kier molecular flexibility index (Phi) is 4.73. The minimum absolute atomic E-state index is 0.0241. The second-order valence-corrected chi connectivity index (χ2v) is 4.80. The van der Waals surface area contributed by atoms with E-state index in [4.69, 9.17) is 16.3 Å². The number of ketones is 1. The van der Waals surface area contributed by atoms with E-state index in [0.717, 1.165) is 10.8 Å². The zero-order valence-corrected chi connectivity index (χ0v) is 11.2. The van der Waals surface area contributed by atoms with Gasteiger partial charge in [-0.05, 0) is 12.1 Å². The van der Waals surface area contributed by atoms with Crippen molar-refractivity contribution in [1.29, 1.82) is 0 Å². The molecule has 2 aromatic rings. The van der Waals surface area contributed by atoms with Crippen LogP contribution in [-0.2, 0) is 6.42 Å². The molecule has 3 nitrogen and oxygen atoms in total. The van der Waals surface area contributed by atoms with Gasteiger partial charge < -0.3 is 4.74 Å². The number of rotatable bonds is 6. The highest BCUT2D eigenvalue weighted by atomic mass is 35.5. The Hall–Kier alpha value is -1.39. The van der Waals surface area contributed by atoms with E-state index in [9.17, 15) is 4.79 Å². The summed E-state index contributed by atoms with van der Waals surface area (Å²) in [5, 5.41) is 2.63. The summed E-state index contributed by atoms with van der Waals surface area (Å²) >= 11 is 6.93. The molecule has 0 aliphatic carbocycles. The molecule has 0 N–H and O–H groups in total. The van der Waals surface area contributed by atoms with Crippen LogP contribution in [0, 0.1) is 0 Å². The van der Waals surface area contributed by atoms with Crippen LogP contribution in [0.3, 0.4) is 0 Å². The maximum Gasteiger partial charge on any atom is 0.196 e. The van der Waals surface area contributed by atoms with Crippen molar-refractivity contribution < 1.29 is 9.53 Å². The molecule has 0 radical (unpaired) electrons. The maximum atomic E-state index is 11.3. The molecule has 0 aliphatic heterocycles. The highest BCUT2D eigenvalue weighted by Gasteiger charge is 2.09. The van der Waals surface area contributed by atoms with Crippen molar-refractivity contribution in [3.8, 4) is 5.75 Å². The van der Waals surface area contributed by atoms with Crippen LogP contribution in [-0.4, -0.2) is 23.3 Å². The molecular formula is C13H12ClNO2S. The maximum absolute atomic E-state index is 11.3. The molecule has 0 bridgehead atoms. The van der Waals surface area contributed by atoms with Gasteiger partial charge in [-0.25, -0.2) is 4.98 Å². The SMILES string of the molecule is O=C(CCl)c1csc(CCOc2ccccc2)n1. The third kappa shape index (κ3) is 3.55. The number of carbonyl (C=O) groups excluding carboxylic acids is 1. The summed E-state index contributed by atoms with van der Waals surface area (Å²) in [7, 11) is 0. The summed E-state index contributed by atoms with van der Waals surface area (Å²) in [5.74, 6) is 0.679. The molecule has 1 heterocycles. The molecule has 0 amide bonds. The number of carbonyl (C=O) groups is 1. The number of benzene rings is 1. The van der Waals surface area contributed by atoms with Gasteiger partial charge in [0.2, 0.25) is 0 Å². The number of thiazole rings is 1. The number of Topliss-reactive ketones (excluding diaryl/α,β-unsaturated/α-hetero) is 1. The van der Waals surface area contributed by atoms with E-state index in [-0.39, 0.29) is 11.7 Å². The van der Waals surface area contributed by atoms with Crippen molar-refractivity contribution in [3.05, 3.63) is 46.4 Å². The standard InChI is InChI=1S/C13H12ClNO2S/c14-8-12(16)11-9-18-13(15-11)6-7-17-10-4-2-1-3-5-10/h1-5,9H,6-8H2. The average molecular weight is 282 g/mol. The zero-order chi connectivity index (χ0) is 12.8. The number of aromatic nitrogens is 1. The minimum Gasteiger partial charge on any atom is -0.493 e. The molecule has 0 atom stereocenters. The third-order valence-electron chi connectivity index (χ3n) is 2.29. The van der Waals surface area contributed by atoms with Crippen molar-refractivity contribution >= 4 is 28.7 Å². The van der Waals surface area contributed by atoms with Crippen LogP contribution in [0.25, 0.3) is 0 Å². The molecule has 0 saturated heterocycles. The van der Waals surface area contributed by atoms with Crippen LogP contribution in [0.5, 0.6) is 5.75 Å². The van der Waals surface area contributed by atoms with Crippen LogP contribution in [0.2, 0.25) is 0 Å². The first-order chi connectivity index (χ1) is 8.79. The van der Waals surface area contributed by atoms with Gasteiger partial charge in [0.1, 0.15) is 11.4 Å². The third-order valence-corrected chi connectivity index (χ3v) is 3.44. The van der Waals surface area contributed by atoms with E-state index in [0.29, 0.717) is 18.7 Å². The summed E-state index contributed by atoms with van der Waals surface area (Å²) in [6.07, 6.45) is 0.690. The van der Waals surface area contributed by atoms with Crippen LogP contribution >= 0.6 is 22.9 Å². The lowest BCUT2D eigenvalue weighted by Gasteiger charge is -2.03. The normalized spacial score (nSPS) is 10.3. The lowest BCUT2D eigenvalue weighted by atomic mass is 10.3. The summed E-state index contributed by atoms with van der Waals surface area (Å²) in [6.45, 7) is 0.548. The zero-order valence-electron chi connectivity index (χ0n) is 9.64. The number of ether oxygens (including phenoxy) is 1. The van der Waals surface area contributed by atoms with E-state index >= 15 is 0 Å². The summed E-state index contributed by atoms with van der Waals surface area (Å²) in [5.41, 5.74) is 0.449. The lowest BCUT2D eigenvalue weighted by molar-refractivity contribution is 0.101. The highest BCUT2D eigenvalue weighted by molar-refractivity contribution is 7.09. The van der Waals surface area contributed by atoms with E-state index in [1.54, 1.807) is 5.38 Å². The van der Waals surface area contributed by atoms with Crippen LogP contribution in [0.1, 0.15) is 15.5 Å². The molecule has 18 heavy (non-hydrogen) atoms. The average Bonchev–Trinajstić information content (AvgIpc) is 2.88. The Bertz CT molecular complexity index is 513. The van der Waals surface area contributed by atoms with Crippen molar-refractivity contribution in [2.45, 2.75) is 6.42 Å². The van der Waals surface area contributed by atoms with Gasteiger partial charge >= 0.3 is 0 Å². The van der Waals surface area contributed by atoms with Crippen molar-refractivity contribution in [1.82, 2.24) is 4.98 Å². The van der Waals surface area contributed by atoms with Crippen LogP contribution in [0.4, 0.5) is 0 Å². The summed E-state index contributed by atoms with van der Waals surface area (Å²) < 4.78 is 5.56. The molecule has 0 fully saturated rings. The van der Waals surface area contributed by atoms with Crippen molar-refractivity contribution in [2.75, 3.05) is 12.5 Å². The van der Waals surface area contributed by atoms with Crippen molar-refractivity contribution in [2.24, 2.45) is 0 Å². The smallest absolute Gasteiger partial charge is 0.196 e. The number of hydrogen-bond acceptors (Lipinski definition) is 4. The Morgan fingerprint density at radius 2 is 2.11 bits per heavy atom. The molecule has 0 unspecified atom stereocenters. The van der Waals surface area contributed by atoms with E-state index < -0.39 is 0 Å². The first-order valence-corrected chi connectivity index (χ1v) is 6.92. The van der Waals surface area contributed by atoms with Crippen LogP contribution in [0.15, 0.2) is 35.7 Å². The Balaban J connectivity index is 1.84. The fourth-order valence-corrected chi connectivity index (χ4v) is 2.32. The predicted molar refractivity (Wildman–Crippen MR) is 72.8 cm³/mol. The summed E-state index contributed by atoms with van der Waals surface area (Å²) in [6, 6.07) is 9.61. The number of para-hydroxylation sites is 1. The number of halogens is 1. The quantitative estimate of drug-likeness (QED) is 0.603. The topological polar surface area (TPSA) is 39.2 Å². The Morgan fingerprint density at radius 3 is 2.83 bits per heavy atom. The largest absolute Gasteiger partial charge is 0.493 e. The van der Waals surface area contributed by atoms with Gasteiger partial charge in [0.05, 0.1) is 17.5 Å². The molecule has 2 rings (SSSR count). The van der Waals surface area contributed by atoms with Gasteiger partial charge in [0.25, 0.3) is 0 Å². The number of hydrogen-bond donors (Lipinski definition) is 0. The Morgan fingerprint density at radius 1 is 1.33 bits per heavy atom. The number of alkyl halides is 1. The molecule has 1 aromatic heterocycles. The second kappa shape index (κ2) is 6.52. The molecule has 0 spiro atoms. The van der Waals surface area contributed by atoms with E-state index in [1.807, 2.05) is 30.3 Å². The molecule has 94 valence electrons. The molecule has 0 aliphatic rings. The highest BCUT2D eigenvalue weighted by Crippen LogP contribution is 2.13. The van der Waals surface area contributed by atoms with E-state index in [1.165, 1.54) is 11.3 Å². The second-order valence-electron chi connectivity index (χ2n) is 3.59. The van der Waals surface area contributed by atoms with Gasteiger partial charge in [-0.15, -0.1) is 22.9 Å².